The molecule has 2 N–H and O–H groups in total. The molecule has 0 fully saturated rings. The lowest BCUT2D eigenvalue weighted by molar-refractivity contribution is 1.45. The van der Waals surface area contributed by atoms with Crippen LogP contribution in [0.1, 0.15) is 0 Å². The SMILES string of the molecule is c1ccc(Nc2ccc(SSSSc3ccc(Nc4ccccc4)cc3)cc2)cc1. The molecule has 2 nitrogen and oxygen atoms in total. The van der Waals surface area contributed by atoms with Gasteiger partial charge in [0.2, 0.25) is 0 Å². The van der Waals surface area contributed by atoms with Crippen molar-refractivity contribution in [3.8, 4) is 0 Å². The Morgan fingerprint density at radius 3 is 1.07 bits per heavy atom. The number of hydrogen-bond acceptors (Lipinski definition) is 6. The Hall–Kier alpha value is -2.12. The van der Waals surface area contributed by atoms with E-state index in [0.717, 1.165) is 22.7 Å². The minimum absolute atomic E-state index is 1.10. The zero-order valence-electron chi connectivity index (χ0n) is 16.0. The fraction of sp³-hybridized carbons (Fsp3) is 0. The van der Waals surface area contributed by atoms with Gasteiger partial charge in [0.15, 0.2) is 0 Å². The van der Waals surface area contributed by atoms with E-state index in [4.69, 9.17) is 0 Å². The van der Waals surface area contributed by atoms with Crippen LogP contribution in [-0.4, -0.2) is 0 Å². The van der Waals surface area contributed by atoms with Crippen LogP contribution in [0.4, 0.5) is 22.7 Å². The van der Waals surface area contributed by atoms with Crippen molar-refractivity contribution in [2.24, 2.45) is 0 Å². The van der Waals surface area contributed by atoms with Crippen LogP contribution < -0.4 is 10.6 Å². The minimum atomic E-state index is 1.10. The number of para-hydroxylation sites is 2. The van der Waals surface area contributed by atoms with Gasteiger partial charge in [-0.2, -0.15) is 0 Å². The van der Waals surface area contributed by atoms with Crippen LogP contribution >= 0.6 is 41.2 Å². The predicted octanol–water partition coefficient (Wildman–Crippen LogP) is 9.27. The molecule has 4 aromatic carbocycles. The van der Waals surface area contributed by atoms with Gasteiger partial charge in [-0.05, 0) is 114 Å². The van der Waals surface area contributed by atoms with Gasteiger partial charge in [0.25, 0.3) is 0 Å². The first-order valence-electron chi connectivity index (χ1n) is 9.37. The first kappa shape index (κ1) is 21.1. The lowest BCUT2D eigenvalue weighted by Crippen LogP contribution is -1.88. The van der Waals surface area contributed by atoms with Crippen LogP contribution in [-0.2, 0) is 0 Å². The summed E-state index contributed by atoms with van der Waals surface area (Å²) in [7, 11) is 7.11. The van der Waals surface area contributed by atoms with E-state index in [1.165, 1.54) is 9.79 Å². The number of hydrogen-bond donors (Lipinski definition) is 2. The van der Waals surface area contributed by atoms with Gasteiger partial charge >= 0.3 is 0 Å². The normalized spacial score (nSPS) is 10.5. The van der Waals surface area contributed by atoms with Crippen molar-refractivity contribution in [3.05, 3.63) is 109 Å². The first-order chi connectivity index (χ1) is 14.8. The smallest absolute Gasteiger partial charge is 0.0385 e. The molecule has 0 bridgehead atoms. The van der Waals surface area contributed by atoms with Gasteiger partial charge in [-0.1, -0.05) is 36.4 Å². The zero-order valence-corrected chi connectivity index (χ0v) is 19.3. The number of nitrogens with one attached hydrogen (secondary N) is 2. The second-order valence-corrected chi connectivity index (χ2v) is 12.1. The Balaban J connectivity index is 1.19. The fourth-order valence-corrected chi connectivity index (χ4v) is 8.10. The lowest BCUT2D eigenvalue weighted by Gasteiger charge is -2.07. The summed E-state index contributed by atoms with van der Waals surface area (Å²) in [6.07, 6.45) is 0. The molecule has 0 saturated carbocycles. The predicted molar refractivity (Wildman–Crippen MR) is 139 cm³/mol. The van der Waals surface area contributed by atoms with Crippen molar-refractivity contribution in [3.63, 3.8) is 0 Å². The van der Waals surface area contributed by atoms with E-state index >= 15 is 0 Å². The molecule has 0 heterocycles. The highest BCUT2D eigenvalue weighted by atomic mass is 33.7. The first-order valence-corrected chi connectivity index (χ1v) is 14.2. The van der Waals surface area contributed by atoms with Crippen LogP contribution in [0.3, 0.4) is 0 Å². The average molecular weight is 465 g/mol. The number of rotatable bonds is 9. The van der Waals surface area contributed by atoms with E-state index in [0.29, 0.717) is 0 Å². The molecular weight excluding hydrogens is 445 g/mol. The van der Waals surface area contributed by atoms with Gasteiger partial charge in [0.05, 0.1) is 0 Å². The molecule has 0 aliphatic carbocycles. The van der Waals surface area contributed by atoms with E-state index in [9.17, 15) is 0 Å². The standard InChI is InChI=1S/C24H20N2S4/c1-3-7-19(8-4-1)25-21-11-15-23(16-12-21)27-29-30-28-24-17-13-22(14-18-24)26-20-9-5-2-6-10-20/h1-18,25-26H. The molecule has 150 valence electrons. The monoisotopic (exact) mass is 464 g/mol. The molecule has 0 aliphatic heterocycles. The zero-order chi connectivity index (χ0) is 20.4. The van der Waals surface area contributed by atoms with E-state index in [1.54, 1.807) is 41.2 Å². The van der Waals surface area contributed by atoms with Crippen LogP contribution in [0.2, 0.25) is 0 Å². The van der Waals surface area contributed by atoms with Gasteiger partial charge in [0, 0.05) is 32.5 Å². The molecule has 4 aromatic rings. The Kier molecular flexibility index (Phi) is 7.97. The highest BCUT2D eigenvalue weighted by Gasteiger charge is 2.01. The molecule has 0 aliphatic rings. The van der Waals surface area contributed by atoms with Crippen LogP contribution in [0.25, 0.3) is 0 Å². The third-order valence-corrected chi connectivity index (χ3v) is 10.2. The Morgan fingerprint density at radius 2 is 0.700 bits per heavy atom. The number of anilines is 4. The third-order valence-electron chi connectivity index (χ3n) is 4.12. The van der Waals surface area contributed by atoms with Crippen LogP contribution in [0.15, 0.2) is 119 Å². The second-order valence-electron chi connectivity index (χ2n) is 6.33. The molecule has 0 spiro atoms. The molecule has 0 saturated heterocycles. The largest absolute Gasteiger partial charge is 0.356 e. The summed E-state index contributed by atoms with van der Waals surface area (Å²) in [6, 6.07) is 37.5. The molecule has 6 heteroatoms. The van der Waals surface area contributed by atoms with E-state index in [2.05, 4.69) is 83.4 Å². The maximum Gasteiger partial charge on any atom is 0.0385 e. The van der Waals surface area contributed by atoms with Crippen LogP contribution in [0, 0.1) is 0 Å². The van der Waals surface area contributed by atoms with Gasteiger partial charge in [-0.25, -0.2) is 0 Å². The lowest BCUT2D eigenvalue weighted by atomic mass is 10.3. The van der Waals surface area contributed by atoms with Gasteiger partial charge in [-0.3, -0.25) is 0 Å². The molecule has 4 rings (SSSR count). The Bertz CT molecular complexity index is 937. The van der Waals surface area contributed by atoms with Gasteiger partial charge < -0.3 is 10.6 Å². The molecule has 0 amide bonds. The molecular formula is C24H20N2S4. The van der Waals surface area contributed by atoms with Crippen molar-refractivity contribution < 1.29 is 0 Å². The Morgan fingerprint density at radius 1 is 0.367 bits per heavy atom. The van der Waals surface area contributed by atoms with Gasteiger partial charge in [-0.15, -0.1) is 0 Å². The highest BCUT2D eigenvalue weighted by Crippen LogP contribution is 2.49. The maximum absolute atomic E-state index is 3.41. The second kappa shape index (κ2) is 11.3. The summed E-state index contributed by atoms with van der Waals surface area (Å²) in [5.74, 6) is 0. The van der Waals surface area contributed by atoms with Crippen molar-refractivity contribution in [2.75, 3.05) is 10.6 Å². The Labute approximate surface area is 192 Å². The van der Waals surface area contributed by atoms with Crippen molar-refractivity contribution in [1.82, 2.24) is 0 Å². The van der Waals surface area contributed by atoms with Crippen molar-refractivity contribution in [1.29, 1.82) is 0 Å². The van der Waals surface area contributed by atoms with E-state index in [-0.39, 0.29) is 0 Å². The quantitative estimate of drug-likeness (QED) is 0.189. The fourth-order valence-electron chi connectivity index (χ4n) is 2.67. The highest BCUT2D eigenvalue weighted by molar-refractivity contribution is 9.26. The maximum atomic E-state index is 3.41. The summed E-state index contributed by atoms with van der Waals surface area (Å²) in [5.41, 5.74) is 4.40. The number of benzene rings is 4. The summed E-state index contributed by atoms with van der Waals surface area (Å²) in [4.78, 5) is 2.49. The van der Waals surface area contributed by atoms with Gasteiger partial charge in [0.1, 0.15) is 0 Å². The summed E-state index contributed by atoms with van der Waals surface area (Å²) in [6.45, 7) is 0. The molecule has 0 radical (unpaired) electrons. The summed E-state index contributed by atoms with van der Waals surface area (Å²) in [5, 5.41) is 6.82. The third kappa shape index (κ3) is 6.71. The van der Waals surface area contributed by atoms with E-state index in [1.807, 2.05) is 36.4 Å². The molecule has 0 aromatic heterocycles. The molecule has 30 heavy (non-hydrogen) atoms. The summed E-state index contributed by atoms with van der Waals surface area (Å²) >= 11 is 0. The molecule has 0 unspecified atom stereocenters. The van der Waals surface area contributed by atoms with Crippen LogP contribution in [0.5, 0.6) is 0 Å². The molecule has 0 atom stereocenters. The summed E-state index contributed by atoms with van der Waals surface area (Å²) < 4.78 is 0. The van der Waals surface area contributed by atoms with E-state index < -0.39 is 0 Å². The minimum Gasteiger partial charge on any atom is -0.356 e. The topological polar surface area (TPSA) is 24.1 Å². The van der Waals surface area contributed by atoms with Crippen molar-refractivity contribution in [2.45, 2.75) is 9.79 Å². The average Bonchev–Trinajstić information content (AvgIpc) is 2.80. The van der Waals surface area contributed by atoms with Crippen molar-refractivity contribution >= 4 is 64.0 Å².